The molecule has 1 aromatic carbocycles. The third kappa shape index (κ3) is 2.05. The van der Waals surface area contributed by atoms with Crippen molar-refractivity contribution >= 4 is 32.8 Å². The quantitative estimate of drug-likeness (QED) is 0.448. The van der Waals surface area contributed by atoms with Gasteiger partial charge >= 0.3 is 5.97 Å². The van der Waals surface area contributed by atoms with Crippen molar-refractivity contribution in [2.75, 3.05) is 0 Å². The minimum Gasteiger partial charge on any atom is -0.460 e. The van der Waals surface area contributed by atoms with Crippen LogP contribution in [-0.4, -0.2) is 15.5 Å². The highest BCUT2D eigenvalue weighted by molar-refractivity contribution is 9.10. The summed E-state index contributed by atoms with van der Waals surface area (Å²) in [5, 5.41) is 1.03. The number of hydrogen-bond donors (Lipinski definition) is 0. The van der Waals surface area contributed by atoms with Crippen LogP contribution < -0.4 is 5.56 Å². The lowest BCUT2D eigenvalue weighted by Gasteiger charge is -2.24. The van der Waals surface area contributed by atoms with Gasteiger partial charge in [0.05, 0.1) is 34.9 Å². The summed E-state index contributed by atoms with van der Waals surface area (Å²) in [7, 11) is 0. The standard InChI is InChI=1S/C20H15BrN2O3/c1-2-11-12-7-17-18-10(6-13-15(21)4-3-5-16(13)22-18)8-23(17)19(24)14(12)9-26-20(11)25/h3-7,11H,2,8-9H2,1H3. The average molecular weight is 411 g/mol. The van der Waals surface area contributed by atoms with Gasteiger partial charge in [-0.05, 0) is 36.2 Å². The number of hydrogen-bond acceptors (Lipinski definition) is 4. The minimum absolute atomic E-state index is 0.0566. The smallest absolute Gasteiger partial charge is 0.313 e. The van der Waals surface area contributed by atoms with Gasteiger partial charge in [0, 0.05) is 15.4 Å². The van der Waals surface area contributed by atoms with Gasteiger partial charge in [0.15, 0.2) is 0 Å². The van der Waals surface area contributed by atoms with Crippen LogP contribution in [0, 0.1) is 0 Å². The molecule has 4 heterocycles. The number of nitrogens with zero attached hydrogens (tertiary/aromatic N) is 2. The first-order valence-electron chi connectivity index (χ1n) is 8.60. The second-order valence-electron chi connectivity index (χ2n) is 6.73. The molecule has 0 radical (unpaired) electrons. The van der Waals surface area contributed by atoms with Crippen molar-refractivity contribution in [1.82, 2.24) is 9.55 Å². The van der Waals surface area contributed by atoms with E-state index in [0.29, 0.717) is 18.5 Å². The summed E-state index contributed by atoms with van der Waals surface area (Å²) in [6, 6.07) is 9.95. The van der Waals surface area contributed by atoms with E-state index in [4.69, 9.17) is 9.72 Å². The molecule has 6 heteroatoms. The van der Waals surface area contributed by atoms with Crippen molar-refractivity contribution in [3.8, 4) is 11.4 Å². The van der Waals surface area contributed by atoms with E-state index in [2.05, 4.69) is 22.0 Å². The lowest BCUT2D eigenvalue weighted by molar-refractivity contribution is -0.148. The molecule has 0 saturated heterocycles. The number of esters is 1. The van der Waals surface area contributed by atoms with Gasteiger partial charge in [-0.2, -0.15) is 0 Å². The molecule has 1 unspecified atom stereocenters. The maximum Gasteiger partial charge on any atom is 0.313 e. The summed E-state index contributed by atoms with van der Waals surface area (Å²) in [6.45, 7) is 2.48. The van der Waals surface area contributed by atoms with Crippen LogP contribution in [0.2, 0.25) is 0 Å². The number of halogens is 1. The number of carbonyl (C=O) groups is 1. The van der Waals surface area contributed by atoms with E-state index in [9.17, 15) is 9.59 Å². The largest absolute Gasteiger partial charge is 0.460 e. The highest BCUT2D eigenvalue weighted by atomic mass is 79.9. The number of pyridine rings is 2. The van der Waals surface area contributed by atoms with Crippen molar-refractivity contribution in [3.63, 3.8) is 0 Å². The third-order valence-electron chi connectivity index (χ3n) is 5.32. The first-order valence-corrected chi connectivity index (χ1v) is 9.39. The fourth-order valence-corrected chi connectivity index (χ4v) is 4.46. The van der Waals surface area contributed by atoms with Crippen LogP contribution in [0.5, 0.6) is 0 Å². The molecule has 26 heavy (non-hydrogen) atoms. The summed E-state index contributed by atoms with van der Waals surface area (Å²) in [4.78, 5) is 30.0. The van der Waals surface area contributed by atoms with Gasteiger partial charge in [-0.25, -0.2) is 4.98 Å². The zero-order chi connectivity index (χ0) is 18.0. The summed E-state index contributed by atoms with van der Waals surface area (Å²) in [5.41, 5.74) is 4.82. The molecular formula is C20H15BrN2O3. The van der Waals surface area contributed by atoms with E-state index >= 15 is 0 Å². The van der Waals surface area contributed by atoms with Crippen LogP contribution in [-0.2, 0) is 22.7 Å². The van der Waals surface area contributed by atoms with E-state index in [1.165, 1.54) is 0 Å². The molecule has 0 N–H and O–H groups in total. The second-order valence-corrected chi connectivity index (χ2v) is 7.58. The van der Waals surface area contributed by atoms with Crippen LogP contribution in [0.15, 0.2) is 39.6 Å². The zero-order valence-electron chi connectivity index (χ0n) is 14.1. The van der Waals surface area contributed by atoms with Crippen LogP contribution >= 0.6 is 15.9 Å². The molecule has 5 nitrogen and oxygen atoms in total. The van der Waals surface area contributed by atoms with E-state index in [0.717, 1.165) is 37.9 Å². The van der Waals surface area contributed by atoms with E-state index in [1.807, 2.05) is 31.2 Å². The Morgan fingerprint density at radius 2 is 2.15 bits per heavy atom. The van der Waals surface area contributed by atoms with Crippen LogP contribution in [0.4, 0.5) is 0 Å². The molecule has 0 bridgehead atoms. The van der Waals surface area contributed by atoms with Gasteiger partial charge in [0.1, 0.15) is 6.61 Å². The SMILES string of the molecule is CCC1C(=O)OCc2c1cc1n(c2=O)Cc2cc3c(Br)cccc3nc2-1. The third-order valence-corrected chi connectivity index (χ3v) is 6.01. The topological polar surface area (TPSA) is 61.2 Å². The molecule has 2 aromatic heterocycles. The predicted octanol–water partition coefficient (Wildman–Crippen LogP) is 3.74. The number of rotatable bonds is 1. The molecule has 5 rings (SSSR count). The van der Waals surface area contributed by atoms with Crippen LogP contribution in [0.3, 0.4) is 0 Å². The molecule has 0 amide bonds. The Labute approximate surface area is 157 Å². The molecule has 1 atom stereocenters. The fourth-order valence-electron chi connectivity index (χ4n) is 3.99. The maximum atomic E-state index is 13.0. The highest BCUT2D eigenvalue weighted by Gasteiger charge is 2.33. The molecule has 2 aliphatic rings. The Balaban J connectivity index is 1.79. The first kappa shape index (κ1) is 15.8. The summed E-state index contributed by atoms with van der Waals surface area (Å²) in [6.07, 6.45) is 0.611. The van der Waals surface area contributed by atoms with Gasteiger partial charge in [0.25, 0.3) is 5.56 Å². The van der Waals surface area contributed by atoms with Crippen molar-refractivity contribution in [3.05, 3.63) is 61.8 Å². The Morgan fingerprint density at radius 1 is 1.31 bits per heavy atom. The normalized spacial score (nSPS) is 17.6. The Hall–Kier alpha value is -2.47. The lowest BCUT2D eigenvalue weighted by atomic mass is 9.90. The van der Waals surface area contributed by atoms with Crippen molar-refractivity contribution in [2.24, 2.45) is 0 Å². The average Bonchev–Trinajstić information content (AvgIpc) is 2.99. The number of carbonyl (C=O) groups excluding carboxylic acids is 1. The molecule has 0 saturated carbocycles. The van der Waals surface area contributed by atoms with Gasteiger partial charge in [-0.1, -0.05) is 28.9 Å². The summed E-state index contributed by atoms with van der Waals surface area (Å²) < 4.78 is 7.96. The number of cyclic esters (lactones) is 1. The van der Waals surface area contributed by atoms with Crippen molar-refractivity contribution < 1.29 is 9.53 Å². The molecule has 3 aromatic rings. The Kier molecular flexibility index (Phi) is 3.34. The monoisotopic (exact) mass is 410 g/mol. The number of aromatic nitrogens is 2. The number of benzene rings is 1. The first-order chi connectivity index (χ1) is 12.6. The lowest BCUT2D eigenvalue weighted by Crippen LogP contribution is -2.32. The molecular weight excluding hydrogens is 396 g/mol. The van der Waals surface area contributed by atoms with E-state index in [-0.39, 0.29) is 24.1 Å². The zero-order valence-corrected chi connectivity index (χ0v) is 15.7. The van der Waals surface area contributed by atoms with E-state index < -0.39 is 0 Å². The highest BCUT2D eigenvalue weighted by Crippen LogP contribution is 2.37. The summed E-state index contributed by atoms with van der Waals surface area (Å²) >= 11 is 3.57. The van der Waals surface area contributed by atoms with Crippen LogP contribution in [0.25, 0.3) is 22.3 Å². The molecule has 0 aliphatic carbocycles. The van der Waals surface area contributed by atoms with Gasteiger partial charge in [-0.15, -0.1) is 0 Å². The molecule has 130 valence electrons. The predicted molar refractivity (Wildman–Crippen MR) is 101 cm³/mol. The van der Waals surface area contributed by atoms with E-state index in [1.54, 1.807) is 4.57 Å². The van der Waals surface area contributed by atoms with Crippen LogP contribution in [0.1, 0.15) is 36.0 Å². The van der Waals surface area contributed by atoms with Crippen molar-refractivity contribution in [2.45, 2.75) is 32.4 Å². The summed E-state index contributed by atoms with van der Waals surface area (Å²) in [5.74, 6) is -0.631. The fraction of sp³-hybridized carbons (Fsp3) is 0.250. The molecule has 0 spiro atoms. The number of fused-ring (bicyclic) bond motifs is 5. The Morgan fingerprint density at radius 3 is 2.96 bits per heavy atom. The molecule has 0 fully saturated rings. The van der Waals surface area contributed by atoms with Gasteiger partial charge in [-0.3, -0.25) is 9.59 Å². The maximum absolute atomic E-state index is 13.0. The number of ether oxygens (including phenoxy) is 1. The Bertz CT molecular complexity index is 1170. The second kappa shape index (κ2) is 5.51. The molecule has 2 aliphatic heterocycles. The minimum atomic E-state index is -0.379. The van der Waals surface area contributed by atoms with Gasteiger partial charge < -0.3 is 9.30 Å². The van der Waals surface area contributed by atoms with Crippen molar-refractivity contribution in [1.29, 1.82) is 0 Å². The van der Waals surface area contributed by atoms with Gasteiger partial charge in [0.2, 0.25) is 0 Å².